The fourth-order valence-electron chi connectivity index (χ4n) is 3.94. The molecule has 4 rings (SSSR count). The van der Waals surface area contributed by atoms with Crippen molar-refractivity contribution >= 4 is 32.3 Å². The Morgan fingerprint density at radius 3 is 2.27 bits per heavy atom. The molecule has 0 fully saturated rings. The van der Waals surface area contributed by atoms with Crippen LogP contribution in [0.3, 0.4) is 0 Å². The zero-order valence-electron chi connectivity index (χ0n) is 18.9. The van der Waals surface area contributed by atoms with Gasteiger partial charge in [0.25, 0.3) is 5.91 Å². The van der Waals surface area contributed by atoms with Crippen molar-refractivity contribution in [3.8, 4) is 0 Å². The number of rotatable bonds is 7. The minimum atomic E-state index is -3.31. The van der Waals surface area contributed by atoms with Crippen LogP contribution in [0.5, 0.6) is 0 Å². The van der Waals surface area contributed by atoms with Crippen molar-refractivity contribution in [2.24, 2.45) is 0 Å². The molecule has 0 saturated carbocycles. The number of nitrogens with zero attached hydrogens (tertiary/aromatic N) is 1. The lowest BCUT2D eigenvalue weighted by molar-refractivity contribution is 0.0952. The van der Waals surface area contributed by atoms with Gasteiger partial charge in [0, 0.05) is 61.2 Å². The maximum Gasteiger partial charge on any atom is 0.251 e. The molecule has 1 unspecified atom stereocenters. The first-order valence-electron chi connectivity index (χ1n) is 10.7. The third kappa shape index (κ3) is 4.93. The second-order valence-corrected chi connectivity index (χ2v) is 10.4. The molecule has 1 atom stereocenters. The van der Waals surface area contributed by atoms with Gasteiger partial charge in [0.1, 0.15) is 0 Å². The molecule has 0 bridgehead atoms. The van der Waals surface area contributed by atoms with E-state index in [1.54, 1.807) is 0 Å². The summed E-state index contributed by atoms with van der Waals surface area (Å²) in [5.74, 6) is -0.304. The number of para-hydroxylation sites is 1. The molecule has 1 aromatic heterocycles. The first-order valence-corrected chi connectivity index (χ1v) is 12.5. The fraction of sp³-hybridized carbons (Fsp3) is 0.192. The van der Waals surface area contributed by atoms with Gasteiger partial charge in [-0.25, -0.2) is 8.42 Å². The third-order valence-corrected chi connectivity index (χ3v) is 6.95. The van der Waals surface area contributed by atoms with Crippen molar-refractivity contribution in [2.75, 3.05) is 31.8 Å². The number of hydrogen-bond donors (Lipinski definition) is 2. The summed E-state index contributed by atoms with van der Waals surface area (Å²) < 4.78 is 23.4. The van der Waals surface area contributed by atoms with Gasteiger partial charge in [-0.3, -0.25) is 4.79 Å². The number of hydrogen-bond acceptors (Lipinski definition) is 4. The molecule has 0 saturated heterocycles. The highest BCUT2D eigenvalue weighted by Crippen LogP contribution is 2.31. The molecule has 4 aromatic rings. The minimum absolute atomic E-state index is 0.0587. The number of nitrogens with one attached hydrogen (secondary N) is 2. The van der Waals surface area contributed by atoms with E-state index in [-0.39, 0.29) is 16.7 Å². The summed E-state index contributed by atoms with van der Waals surface area (Å²) in [7, 11) is 0.697. The highest BCUT2D eigenvalue weighted by molar-refractivity contribution is 7.90. The van der Waals surface area contributed by atoms with E-state index in [0.717, 1.165) is 34.0 Å². The Morgan fingerprint density at radius 2 is 1.64 bits per heavy atom. The maximum atomic E-state index is 12.8. The van der Waals surface area contributed by atoms with Crippen molar-refractivity contribution in [3.05, 3.63) is 95.7 Å². The summed E-state index contributed by atoms with van der Waals surface area (Å²) in [4.78, 5) is 18.4. The van der Waals surface area contributed by atoms with Crippen molar-refractivity contribution in [3.63, 3.8) is 0 Å². The number of aromatic nitrogens is 1. The Morgan fingerprint density at radius 1 is 0.970 bits per heavy atom. The summed E-state index contributed by atoms with van der Waals surface area (Å²) in [5, 5.41) is 4.15. The summed E-state index contributed by atoms with van der Waals surface area (Å²) in [5.41, 5.74) is 4.77. The van der Waals surface area contributed by atoms with E-state index in [1.165, 1.54) is 24.3 Å². The number of carbonyl (C=O) groups excluding carboxylic acids is 1. The average molecular weight is 462 g/mol. The van der Waals surface area contributed by atoms with Crippen molar-refractivity contribution in [2.45, 2.75) is 10.8 Å². The van der Waals surface area contributed by atoms with Gasteiger partial charge in [0.15, 0.2) is 9.84 Å². The summed E-state index contributed by atoms with van der Waals surface area (Å²) in [6.07, 6.45) is 3.15. The predicted molar refractivity (Wildman–Crippen MR) is 133 cm³/mol. The number of benzene rings is 3. The Balaban J connectivity index is 1.62. The molecule has 0 spiro atoms. The summed E-state index contributed by atoms with van der Waals surface area (Å²) in [6, 6.07) is 22.4. The molecule has 0 radical (unpaired) electrons. The van der Waals surface area contributed by atoms with E-state index in [4.69, 9.17) is 0 Å². The van der Waals surface area contributed by atoms with E-state index in [2.05, 4.69) is 40.6 Å². The van der Waals surface area contributed by atoms with Crippen LogP contribution in [-0.4, -0.2) is 46.2 Å². The fourth-order valence-corrected chi connectivity index (χ4v) is 4.58. The Kier molecular flexibility index (Phi) is 6.24. The number of anilines is 1. The van der Waals surface area contributed by atoms with Crippen LogP contribution in [0, 0.1) is 0 Å². The van der Waals surface area contributed by atoms with Crippen LogP contribution in [0.2, 0.25) is 0 Å². The lowest BCUT2D eigenvalue weighted by Gasteiger charge is -2.20. The van der Waals surface area contributed by atoms with Crippen LogP contribution in [0.25, 0.3) is 10.9 Å². The van der Waals surface area contributed by atoms with E-state index >= 15 is 0 Å². The molecular formula is C26H27N3O3S. The SMILES string of the molecule is CN(C)c1ccc(C(CNC(=O)c2ccc(S(C)(=O)=O)cc2)c2c[nH]c3ccccc23)cc1. The van der Waals surface area contributed by atoms with E-state index in [0.29, 0.717) is 12.1 Å². The molecule has 1 heterocycles. The van der Waals surface area contributed by atoms with Gasteiger partial charge in [-0.05, 0) is 53.6 Å². The molecule has 3 aromatic carbocycles. The first kappa shape index (κ1) is 22.6. The van der Waals surface area contributed by atoms with Gasteiger partial charge in [-0.2, -0.15) is 0 Å². The highest BCUT2D eigenvalue weighted by Gasteiger charge is 2.20. The zero-order valence-corrected chi connectivity index (χ0v) is 19.7. The zero-order chi connectivity index (χ0) is 23.6. The van der Waals surface area contributed by atoms with Crippen LogP contribution in [0.1, 0.15) is 27.4 Å². The second kappa shape index (κ2) is 9.11. The Labute approximate surface area is 194 Å². The Hall–Kier alpha value is -3.58. The lowest BCUT2D eigenvalue weighted by Crippen LogP contribution is -2.29. The van der Waals surface area contributed by atoms with Gasteiger partial charge < -0.3 is 15.2 Å². The number of sulfone groups is 1. The van der Waals surface area contributed by atoms with Crippen molar-refractivity contribution in [1.82, 2.24) is 10.3 Å². The quantitative estimate of drug-likeness (QED) is 0.432. The van der Waals surface area contributed by atoms with Crippen molar-refractivity contribution < 1.29 is 13.2 Å². The largest absolute Gasteiger partial charge is 0.378 e. The minimum Gasteiger partial charge on any atom is -0.378 e. The standard InChI is InChI=1S/C26H27N3O3S/c1-29(2)20-12-8-18(9-13-20)23(24-17-27-25-7-5-4-6-22(24)25)16-28-26(30)19-10-14-21(15-11-19)33(3,31)32/h4-15,17,23,27H,16H2,1-3H3,(H,28,30). The average Bonchev–Trinajstić information content (AvgIpc) is 3.23. The van der Waals surface area contributed by atoms with Crippen LogP contribution in [0.15, 0.2) is 83.9 Å². The number of amides is 1. The molecule has 0 aliphatic carbocycles. The number of fused-ring (bicyclic) bond motifs is 1. The second-order valence-electron chi connectivity index (χ2n) is 8.33. The topological polar surface area (TPSA) is 82.3 Å². The van der Waals surface area contributed by atoms with Crippen LogP contribution < -0.4 is 10.2 Å². The summed E-state index contributed by atoms with van der Waals surface area (Å²) >= 11 is 0. The lowest BCUT2D eigenvalue weighted by atomic mass is 9.90. The highest BCUT2D eigenvalue weighted by atomic mass is 32.2. The maximum absolute atomic E-state index is 12.8. The van der Waals surface area contributed by atoms with Gasteiger partial charge in [-0.1, -0.05) is 30.3 Å². The molecule has 170 valence electrons. The van der Waals surface area contributed by atoms with Crippen molar-refractivity contribution in [1.29, 1.82) is 0 Å². The summed E-state index contributed by atoms with van der Waals surface area (Å²) in [6.45, 7) is 0.399. The van der Waals surface area contributed by atoms with Crippen LogP contribution in [-0.2, 0) is 9.84 Å². The monoisotopic (exact) mass is 461 g/mol. The molecular weight excluding hydrogens is 434 g/mol. The Bertz CT molecular complexity index is 1370. The van der Waals surface area contributed by atoms with Gasteiger partial charge in [-0.15, -0.1) is 0 Å². The van der Waals surface area contributed by atoms with Crippen LogP contribution >= 0.6 is 0 Å². The van der Waals surface area contributed by atoms with Crippen LogP contribution in [0.4, 0.5) is 5.69 Å². The number of aromatic amines is 1. The molecule has 0 aliphatic heterocycles. The van der Waals surface area contributed by atoms with E-state index in [1.807, 2.05) is 43.4 Å². The number of carbonyl (C=O) groups is 1. The molecule has 2 N–H and O–H groups in total. The molecule has 7 heteroatoms. The van der Waals surface area contributed by atoms with Gasteiger partial charge in [0.2, 0.25) is 0 Å². The molecule has 0 aliphatic rings. The van der Waals surface area contributed by atoms with E-state index in [9.17, 15) is 13.2 Å². The van der Waals surface area contributed by atoms with E-state index < -0.39 is 9.84 Å². The van der Waals surface area contributed by atoms with Gasteiger partial charge >= 0.3 is 0 Å². The molecule has 1 amide bonds. The molecule has 33 heavy (non-hydrogen) atoms. The molecule has 6 nitrogen and oxygen atoms in total. The smallest absolute Gasteiger partial charge is 0.251 e. The normalized spacial score (nSPS) is 12.5. The van der Waals surface area contributed by atoms with Gasteiger partial charge in [0.05, 0.1) is 4.90 Å². The number of H-pyrrole nitrogens is 1. The predicted octanol–water partition coefficient (Wildman–Crippen LogP) is 4.20. The first-order chi connectivity index (χ1) is 15.7. The third-order valence-electron chi connectivity index (χ3n) is 5.82.